The lowest BCUT2D eigenvalue weighted by Crippen LogP contribution is -2.14. The van der Waals surface area contributed by atoms with E-state index in [1.165, 1.54) is 18.2 Å². The molecule has 2 aromatic rings. The van der Waals surface area contributed by atoms with Crippen molar-refractivity contribution in [1.29, 1.82) is 0 Å². The van der Waals surface area contributed by atoms with E-state index in [2.05, 4.69) is 25.6 Å². The highest BCUT2D eigenvalue weighted by Gasteiger charge is 2.17. The van der Waals surface area contributed by atoms with Crippen molar-refractivity contribution >= 4 is 55.0 Å². The van der Waals surface area contributed by atoms with Crippen LogP contribution in [-0.4, -0.2) is 13.4 Å². The average Bonchev–Trinajstić information content (AvgIpc) is 2.36. The van der Waals surface area contributed by atoms with Crippen LogP contribution in [0.1, 0.15) is 5.69 Å². The van der Waals surface area contributed by atoms with Crippen molar-refractivity contribution in [3.05, 3.63) is 50.5 Å². The molecule has 1 N–H and O–H groups in total. The number of hydrogen-bond donors (Lipinski definition) is 1. The number of aryl methyl sites for hydroxylation is 1. The Balaban J connectivity index is 2.41. The second-order valence-corrected chi connectivity index (χ2v) is 7.36. The van der Waals surface area contributed by atoms with Crippen LogP contribution in [0.5, 0.6) is 0 Å². The maximum absolute atomic E-state index is 12.2. The summed E-state index contributed by atoms with van der Waals surface area (Å²) in [6.07, 6.45) is 0. The molecule has 0 radical (unpaired) electrons. The van der Waals surface area contributed by atoms with Gasteiger partial charge in [-0.25, -0.2) is 13.4 Å². The minimum absolute atomic E-state index is 0.0496. The van der Waals surface area contributed by atoms with E-state index >= 15 is 0 Å². The van der Waals surface area contributed by atoms with Gasteiger partial charge in [0.25, 0.3) is 10.0 Å². The Hall–Kier alpha value is -0.820. The predicted molar refractivity (Wildman–Crippen MR) is 83.9 cm³/mol. The number of anilines is 1. The number of nitrogens with zero attached hydrogens (tertiary/aromatic N) is 1. The standard InChI is InChI=1S/C12H9BrCl2N2O2S/c1-7-10(14)6-11(15)12(16-7)17-20(18,19)9-4-2-3-8(13)5-9/h2-6H,1H3,(H,16,17). The van der Waals surface area contributed by atoms with Gasteiger partial charge in [0.2, 0.25) is 0 Å². The minimum atomic E-state index is -3.76. The second-order valence-electron chi connectivity index (χ2n) is 3.95. The fourth-order valence-electron chi connectivity index (χ4n) is 1.45. The lowest BCUT2D eigenvalue weighted by molar-refractivity contribution is 0.601. The lowest BCUT2D eigenvalue weighted by Gasteiger charge is -2.10. The Bertz CT molecular complexity index is 766. The van der Waals surface area contributed by atoms with Crippen LogP contribution in [-0.2, 0) is 10.0 Å². The molecular weight excluding hydrogens is 387 g/mol. The number of benzene rings is 1. The van der Waals surface area contributed by atoms with Crippen LogP contribution in [0.2, 0.25) is 10.0 Å². The van der Waals surface area contributed by atoms with Crippen molar-refractivity contribution in [2.45, 2.75) is 11.8 Å². The molecule has 8 heteroatoms. The highest BCUT2D eigenvalue weighted by Crippen LogP contribution is 2.27. The molecule has 20 heavy (non-hydrogen) atoms. The summed E-state index contributed by atoms with van der Waals surface area (Å²) >= 11 is 15.0. The number of aromatic nitrogens is 1. The Morgan fingerprint density at radius 3 is 2.55 bits per heavy atom. The molecule has 0 unspecified atom stereocenters. The van der Waals surface area contributed by atoms with Crippen molar-refractivity contribution in [2.75, 3.05) is 4.72 Å². The molecule has 2 rings (SSSR count). The highest BCUT2D eigenvalue weighted by atomic mass is 79.9. The van der Waals surface area contributed by atoms with Crippen LogP contribution in [0.4, 0.5) is 5.82 Å². The van der Waals surface area contributed by atoms with Crippen LogP contribution >= 0.6 is 39.1 Å². The van der Waals surface area contributed by atoms with Gasteiger partial charge in [0.1, 0.15) is 0 Å². The molecule has 0 saturated carbocycles. The van der Waals surface area contributed by atoms with Gasteiger partial charge in [-0.3, -0.25) is 4.72 Å². The monoisotopic (exact) mass is 394 g/mol. The van der Waals surface area contributed by atoms with E-state index in [1.54, 1.807) is 19.1 Å². The highest BCUT2D eigenvalue weighted by molar-refractivity contribution is 9.10. The third-order valence-corrected chi connectivity index (χ3v) is 4.94. The van der Waals surface area contributed by atoms with Gasteiger partial charge in [-0.1, -0.05) is 45.2 Å². The Kier molecular flexibility index (Phi) is 4.59. The average molecular weight is 396 g/mol. The van der Waals surface area contributed by atoms with Gasteiger partial charge in [-0.15, -0.1) is 0 Å². The number of nitrogens with one attached hydrogen (secondary N) is 1. The maximum Gasteiger partial charge on any atom is 0.263 e. The number of sulfonamides is 1. The van der Waals surface area contributed by atoms with Crippen molar-refractivity contribution < 1.29 is 8.42 Å². The largest absolute Gasteiger partial charge is 0.263 e. The molecular formula is C12H9BrCl2N2O2S. The van der Waals surface area contributed by atoms with Crippen molar-refractivity contribution in [1.82, 2.24) is 4.98 Å². The van der Waals surface area contributed by atoms with Crippen LogP contribution < -0.4 is 4.72 Å². The molecule has 106 valence electrons. The van der Waals surface area contributed by atoms with Crippen molar-refractivity contribution in [3.63, 3.8) is 0 Å². The van der Waals surface area contributed by atoms with Gasteiger partial charge in [-0.2, -0.15) is 0 Å². The van der Waals surface area contributed by atoms with E-state index < -0.39 is 10.0 Å². The first-order chi connectivity index (χ1) is 9.29. The van der Waals surface area contributed by atoms with E-state index in [0.717, 1.165) is 0 Å². The zero-order chi connectivity index (χ0) is 14.9. The van der Waals surface area contributed by atoms with Crippen LogP contribution in [0.25, 0.3) is 0 Å². The summed E-state index contributed by atoms with van der Waals surface area (Å²) in [6.45, 7) is 1.66. The normalized spacial score (nSPS) is 11.4. The van der Waals surface area contributed by atoms with E-state index in [4.69, 9.17) is 23.2 Å². The van der Waals surface area contributed by atoms with Crippen molar-refractivity contribution in [2.24, 2.45) is 0 Å². The minimum Gasteiger partial charge on any atom is -0.262 e. The fraction of sp³-hybridized carbons (Fsp3) is 0.0833. The fourth-order valence-corrected chi connectivity index (χ4v) is 3.53. The van der Waals surface area contributed by atoms with Gasteiger partial charge < -0.3 is 0 Å². The molecule has 1 aromatic carbocycles. The summed E-state index contributed by atoms with van der Waals surface area (Å²) in [5, 5.41) is 0.513. The molecule has 1 aromatic heterocycles. The molecule has 0 amide bonds. The molecule has 0 aliphatic heterocycles. The molecule has 4 nitrogen and oxygen atoms in total. The molecule has 0 aliphatic rings. The molecule has 0 spiro atoms. The van der Waals surface area contributed by atoms with E-state index in [1.807, 2.05) is 0 Å². The quantitative estimate of drug-likeness (QED) is 0.844. The summed E-state index contributed by atoms with van der Waals surface area (Å²) in [5.74, 6) is 0.0496. The zero-order valence-electron chi connectivity index (χ0n) is 10.2. The topological polar surface area (TPSA) is 59.1 Å². The number of rotatable bonds is 3. The van der Waals surface area contributed by atoms with E-state index in [-0.39, 0.29) is 15.7 Å². The van der Waals surface area contributed by atoms with Crippen LogP contribution in [0, 0.1) is 6.92 Å². The van der Waals surface area contributed by atoms with Crippen molar-refractivity contribution in [3.8, 4) is 0 Å². The molecule has 0 saturated heterocycles. The Morgan fingerprint density at radius 1 is 1.20 bits per heavy atom. The lowest BCUT2D eigenvalue weighted by atomic mass is 10.4. The SMILES string of the molecule is Cc1nc(NS(=O)(=O)c2cccc(Br)c2)c(Cl)cc1Cl. The second kappa shape index (κ2) is 5.89. The van der Waals surface area contributed by atoms with Crippen LogP contribution in [0.15, 0.2) is 39.7 Å². The third kappa shape index (κ3) is 3.44. The first kappa shape index (κ1) is 15.6. The first-order valence-electron chi connectivity index (χ1n) is 5.40. The van der Waals surface area contributed by atoms with Gasteiger partial charge in [-0.05, 0) is 31.2 Å². The summed E-state index contributed by atoms with van der Waals surface area (Å²) in [5.41, 5.74) is 0.489. The maximum atomic E-state index is 12.2. The summed E-state index contributed by atoms with van der Waals surface area (Å²) < 4.78 is 27.5. The predicted octanol–water partition coefficient (Wildman–Crippen LogP) is 4.26. The zero-order valence-corrected chi connectivity index (χ0v) is 14.1. The smallest absolute Gasteiger partial charge is 0.262 e. The molecule has 0 atom stereocenters. The molecule has 1 heterocycles. The van der Waals surface area contributed by atoms with E-state index in [9.17, 15) is 8.42 Å². The van der Waals surface area contributed by atoms with Gasteiger partial charge in [0, 0.05) is 4.47 Å². The van der Waals surface area contributed by atoms with Gasteiger partial charge in [0.05, 0.1) is 20.6 Å². The number of hydrogen-bond acceptors (Lipinski definition) is 3. The first-order valence-corrected chi connectivity index (χ1v) is 8.44. The number of pyridine rings is 1. The third-order valence-electron chi connectivity index (χ3n) is 2.44. The summed E-state index contributed by atoms with van der Waals surface area (Å²) in [6, 6.07) is 7.77. The summed E-state index contributed by atoms with van der Waals surface area (Å²) in [4.78, 5) is 4.15. The summed E-state index contributed by atoms with van der Waals surface area (Å²) in [7, 11) is -3.76. The number of halogens is 3. The van der Waals surface area contributed by atoms with Crippen LogP contribution in [0.3, 0.4) is 0 Å². The Labute approximate surface area is 135 Å². The molecule has 0 aliphatic carbocycles. The Morgan fingerprint density at radius 2 is 1.90 bits per heavy atom. The van der Waals surface area contributed by atoms with E-state index in [0.29, 0.717) is 15.2 Å². The molecule has 0 bridgehead atoms. The van der Waals surface area contributed by atoms with Gasteiger partial charge in [0.15, 0.2) is 5.82 Å². The van der Waals surface area contributed by atoms with Gasteiger partial charge >= 0.3 is 0 Å². The molecule has 0 fully saturated rings.